The van der Waals surface area contributed by atoms with Crippen molar-refractivity contribution in [3.05, 3.63) is 63.3 Å². The first-order chi connectivity index (χ1) is 16.5. The summed E-state index contributed by atoms with van der Waals surface area (Å²) >= 11 is 12.5. The zero-order valence-electron chi connectivity index (χ0n) is 18.8. The van der Waals surface area contributed by atoms with E-state index < -0.39 is 24.2 Å². The molecule has 0 bridgehead atoms. The molecule has 0 fully saturated rings. The molecule has 1 aliphatic heterocycles. The van der Waals surface area contributed by atoms with Gasteiger partial charge in [-0.25, -0.2) is 4.68 Å². The maximum atomic E-state index is 14.0. The number of alkyl halides is 3. The van der Waals surface area contributed by atoms with Gasteiger partial charge in [0.05, 0.1) is 31.0 Å². The van der Waals surface area contributed by atoms with Gasteiger partial charge in [0.25, 0.3) is 5.91 Å². The molecule has 35 heavy (non-hydrogen) atoms. The summed E-state index contributed by atoms with van der Waals surface area (Å²) in [6.07, 6.45) is -4.93. The maximum Gasteiger partial charge on any atom is 0.410 e. The number of fused-ring (bicyclic) bond motifs is 1. The van der Waals surface area contributed by atoms with Gasteiger partial charge < -0.3 is 20.1 Å². The fourth-order valence-corrected chi connectivity index (χ4v) is 4.39. The number of amides is 1. The van der Waals surface area contributed by atoms with Crippen molar-refractivity contribution in [3.63, 3.8) is 0 Å². The molecule has 0 unspecified atom stereocenters. The quantitative estimate of drug-likeness (QED) is 0.399. The molecule has 1 aromatic heterocycles. The summed E-state index contributed by atoms with van der Waals surface area (Å²) in [7, 11) is 2.77. The lowest BCUT2D eigenvalue weighted by atomic mass is 9.96. The molecule has 12 heteroatoms. The zero-order chi connectivity index (χ0) is 25.5. The molecule has 0 spiro atoms. The number of carbonyl (C=O) groups excluding carboxylic acids is 1. The van der Waals surface area contributed by atoms with Crippen LogP contribution < -0.4 is 20.1 Å². The van der Waals surface area contributed by atoms with Gasteiger partial charge in [-0.05, 0) is 12.5 Å². The molecule has 1 amide bonds. The second kappa shape index (κ2) is 9.50. The zero-order valence-corrected chi connectivity index (χ0v) is 20.3. The average Bonchev–Trinajstić information content (AvgIpc) is 3.15. The number of rotatable bonds is 5. The van der Waals surface area contributed by atoms with E-state index in [4.69, 9.17) is 32.7 Å². The van der Waals surface area contributed by atoms with Crippen molar-refractivity contribution in [1.82, 2.24) is 9.78 Å². The third kappa shape index (κ3) is 4.85. The van der Waals surface area contributed by atoms with E-state index in [0.717, 1.165) is 10.2 Å². The smallest absolute Gasteiger partial charge is 0.410 e. The van der Waals surface area contributed by atoms with Crippen molar-refractivity contribution in [2.45, 2.75) is 31.6 Å². The number of hydrogen-bond acceptors (Lipinski definition) is 5. The summed E-state index contributed by atoms with van der Waals surface area (Å²) < 4.78 is 53.1. The van der Waals surface area contributed by atoms with E-state index in [-0.39, 0.29) is 45.2 Å². The van der Waals surface area contributed by atoms with Crippen LogP contribution in [0.1, 0.15) is 40.1 Å². The second-order valence-corrected chi connectivity index (χ2v) is 8.78. The van der Waals surface area contributed by atoms with Gasteiger partial charge in [-0.3, -0.25) is 4.79 Å². The van der Waals surface area contributed by atoms with Crippen LogP contribution in [0.3, 0.4) is 0 Å². The molecule has 0 saturated carbocycles. The largest absolute Gasteiger partial charge is 0.495 e. The summed E-state index contributed by atoms with van der Waals surface area (Å²) in [6, 6.07) is 7.35. The number of halogens is 5. The minimum absolute atomic E-state index is 0.0865. The minimum Gasteiger partial charge on any atom is -0.495 e. The Morgan fingerprint density at radius 3 is 2.40 bits per heavy atom. The molecule has 3 aromatic rings. The number of methoxy groups -OCH3 is 2. The number of benzene rings is 2. The topological polar surface area (TPSA) is 77.4 Å². The molecule has 4 rings (SSSR count). The summed E-state index contributed by atoms with van der Waals surface area (Å²) in [5.74, 6) is -0.432. The van der Waals surface area contributed by atoms with Crippen LogP contribution >= 0.6 is 23.2 Å². The number of aryl methyl sites for hydroxylation is 1. The number of nitrogens with zero attached hydrogens (tertiary/aromatic N) is 2. The molecule has 2 aromatic carbocycles. The Hall–Kier alpha value is -3.11. The number of anilines is 2. The first-order valence-electron chi connectivity index (χ1n) is 10.4. The number of ether oxygens (including phenoxy) is 2. The van der Waals surface area contributed by atoms with Gasteiger partial charge in [-0.15, -0.1) is 0 Å². The highest BCUT2D eigenvalue weighted by Crippen LogP contribution is 2.46. The Balaban J connectivity index is 1.71. The number of nitrogens with one attached hydrogen (secondary N) is 2. The highest BCUT2D eigenvalue weighted by molar-refractivity contribution is 6.36. The minimum atomic E-state index is -4.62. The molecule has 0 aliphatic carbocycles. The lowest BCUT2D eigenvalue weighted by Crippen LogP contribution is -2.35. The molecule has 0 radical (unpaired) electrons. The number of aromatic nitrogens is 2. The van der Waals surface area contributed by atoms with Crippen molar-refractivity contribution >= 4 is 40.6 Å². The third-order valence-corrected chi connectivity index (χ3v) is 6.37. The van der Waals surface area contributed by atoms with Crippen LogP contribution in [0.4, 0.5) is 24.7 Å². The van der Waals surface area contributed by atoms with Gasteiger partial charge in [0, 0.05) is 18.6 Å². The normalized spacial score (nSPS) is 17.4. The van der Waals surface area contributed by atoms with Gasteiger partial charge in [0.15, 0.2) is 11.7 Å². The van der Waals surface area contributed by atoms with Gasteiger partial charge in [0.1, 0.15) is 22.3 Å². The number of hydrogen-bond donors (Lipinski definition) is 2. The van der Waals surface area contributed by atoms with E-state index in [2.05, 4.69) is 15.7 Å². The van der Waals surface area contributed by atoms with Crippen molar-refractivity contribution < 1.29 is 27.4 Å². The Kier molecular flexibility index (Phi) is 6.79. The second-order valence-electron chi connectivity index (χ2n) is 8.00. The fraction of sp³-hybridized carbons (Fsp3) is 0.304. The average molecular weight is 529 g/mol. The highest BCUT2D eigenvalue weighted by atomic mass is 35.5. The van der Waals surface area contributed by atoms with Crippen molar-refractivity contribution in [1.29, 1.82) is 0 Å². The van der Waals surface area contributed by atoms with Crippen molar-refractivity contribution in [3.8, 4) is 11.5 Å². The lowest BCUT2D eigenvalue weighted by molar-refractivity contribution is -0.173. The van der Waals surface area contributed by atoms with E-state index in [1.807, 2.05) is 19.1 Å². The van der Waals surface area contributed by atoms with E-state index >= 15 is 0 Å². The third-order valence-electron chi connectivity index (χ3n) is 5.71. The first kappa shape index (κ1) is 25.0. The molecular weight excluding hydrogens is 508 g/mol. The maximum absolute atomic E-state index is 14.0. The van der Waals surface area contributed by atoms with E-state index in [9.17, 15) is 18.0 Å². The monoisotopic (exact) mass is 528 g/mol. The molecule has 1 aliphatic rings. The fourth-order valence-electron chi connectivity index (χ4n) is 3.89. The van der Waals surface area contributed by atoms with Crippen LogP contribution in [0.25, 0.3) is 0 Å². The molecule has 0 saturated heterocycles. The summed E-state index contributed by atoms with van der Waals surface area (Å²) in [5.41, 5.74) is 1.45. The summed E-state index contributed by atoms with van der Waals surface area (Å²) in [4.78, 5) is 13.0. The van der Waals surface area contributed by atoms with E-state index in [0.29, 0.717) is 5.56 Å². The SMILES string of the molecule is COc1cc(NC(=O)c2nn3c(c2Cl)N[C@H](c2ccc(C)cc2)C[C@H]3C(F)(F)F)c(OC)cc1Cl. The van der Waals surface area contributed by atoms with Gasteiger partial charge in [-0.2, -0.15) is 18.3 Å². The van der Waals surface area contributed by atoms with E-state index in [1.54, 1.807) is 12.1 Å². The molecule has 2 N–H and O–H groups in total. The Morgan fingerprint density at radius 2 is 1.80 bits per heavy atom. The van der Waals surface area contributed by atoms with Crippen LogP contribution in [-0.2, 0) is 0 Å². The summed E-state index contributed by atoms with van der Waals surface area (Å²) in [5, 5.41) is 9.54. The first-order valence-corrected chi connectivity index (χ1v) is 11.2. The number of carbonyl (C=O) groups is 1. The van der Waals surface area contributed by atoms with Crippen LogP contribution in [0.5, 0.6) is 11.5 Å². The van der Waals surface area contributed by atoms with Gasteiger partial charge in [0.2, 0.25) is 0 Å². The summed E-state index contributed by atoms with van der Waals surface area (Å²) in [6.45, 7) is 1.89. The predicted octanol–water partition coefficient (Wildman–Crippen LogP) is 6.43. The Labute approximate surface area is 209 Å². The van der Waals surface area contributed by atoms with Crippen LogP contribution in [0.15, 0.2) is 36.4 Å². The molecular formula is C23H21Cl2F3N4O3. The lowest BCUT2D eigenvalue weighted by Gasteiger charge is -2.33. The molecule has 186 valence electrons. The molecule has 2 heterocycles. The highest BCUT2D eigenvalue weighted by Gasteiger charge is 2.47. The van der Waals surface area contributed by atoms with Gasteiger partial charge in [-0.1, -0.05) is 53.0 Å². The standard InChI is InChI=1S/C23H21Cl2F3N4O3/c1-11-4-6-12(7-5-11)14-10-18(23(26,27)28)32-21(29-14)19(25)20(31-32)22(33)30-15-9-16(34-2)13(24)8-17(15)35-3/h4-9,14,18,29H,10H2,1-3H3,(H,30,33)/t14-,18-/m0/s1. The van der Waals surface area contributed by atoms with Crippen LogP contribution in [0, 0.1) is 6.92 Å². The predicted molar refractivity (Wildman–Crippen MR) is 127 cm³/mol. The van der Waals surface area contributed by atoms with Crippen molar-refractivity contribution in [2.24, 2.45) is 0 Å². The molecule has 2 atom stereocenters. The van der Waals surface area contributed by atoms with Crippen LogP contribution in [0.2, 0.25) is 10.0 Å². The van der Waals surface area contributed by atoms with Crippen molar-refractivity contribution in [2.75, 3.05) is 24.9 Å². The van der Waals surface area contributed by atoms with Crippen LogP contribution in [-0.4, -0.2) is 36.1 Å². The Bertz CT molecular complexity index is 1260. The molecule has 7 nitrogen and oxygen atoms in total. The van der Waals surface area contributed by atoms with E-state index in [1.165, 1.54) is 26.4 Å². The van der Waals surface area contributed by atoms with Gasteiger partial charge >= 0.3 is 6.18 Å². The Morgan fingerprint density at radius 1 is 1.14 bits per heavy atom.